The van der Waals surface area contributed by atoms with Gasteiger partial charge in [0.15, 0.2) is 5.84 Å². The number of aliphatic imine (C=N–C) groups is 3. The van der Waals surface area contributed by atoms with Gasteiger partial charge in [-0.2, -0.15) is 0 Å². The van der Waals surface area contributed by atoms with Gasteiger partial charge in [-0.25, -0.2) is 4.99 Å². The highest BCUT2D eigenvalue weighted by molar-refractivity contribution is 6.15. The van der Waals surface area contributed by atoms with Crippen LogP contribution in [0.4, 0.5) is 11.4 Å². The molecule has 0 amide bonds. The van der Waals surface area contributed by atoms with Crippen LogP contribution in [0.15, 0.2) is 269 Å². The van der Waals surface area contributed by atoms with E-state index >= 15 is 0 Å². The molecule has 6 nitrogen and oxygen atoms in total. The van der Waals surface area contributed by atoms with Gasteiger partial charge < -0.3 is 15.2 Å². The van der Waals surface area contributed by atoms with E-state index in [-0.39, 0.29) is 23.8 Å². The second-order valence-corrected chi connectivity index (χ2v) is 19.3. The minimum absolute atomic E-state index is 0.0373. The van der Waals surface area contributed by atoms with Crippen LogP contribution >= 0.6 is 0 Å². The molecule has 4 atom stereocenters. The molecule has 6 heteroatoms. The molecule has 74 heavy (non-hydrogen) atoms. The maximum Gasteiger partial charge on any atom is 0.155 e. The van der Waals surface area contributed by atoms with Gasteiger partial charge in [-0.3, -0.25) is 9.98 Å². The summed E-state index contributed by atoms with van der Waals surface area (Å²) >= 11 is 0. The van der Waals surface area contributed by atoms with Crippen LogP contribution in [0.1, 0.15) is 60.0 Å². The number of para-hydroxylation sites is 2. The molecule has 3 aliphatic rings. The number of benzene rings is 8. The molecule has 1 aromatic heterocycles. The number of amidine groups is 2. The first-order chi connectivity index (χ1) is 36.4. The van der Waals surface area contributed by atoms with Crippen LogP contribution in [0.5, 0.6) is 0 Å². The van der Waals surface area contributed by atoms with Crippen molar-refractivity contribution >= 4 is 50.6 Å². The SMILES string of the molecule is CN=C(N)C1C=CC=C2C1c1cc(-c3ccc4c(c3)c3cc(C(=NC(C)c5ccccc5)N=C(C)C5C=CC=CC5)ccc3n4-c3ccccc3)ccc1N2c1ccccc1.c1ccc(Cc2ccccc2)cc1. The van der Waals surface area contributed by atoms with Crippen molar-refractivity contribution in [3.8, 4) is 16.8 Å². The third kappa shape index (κ3) is 9.75. The fourth-order valence-corrected chi connectivity index (χ4v) is 10.8. The molecule has 8 aromatic carbocycles. The Morgan fingerprint density at radius 1 is 0.622 bits per heavy atom. The molecule has 2 heterocycles. The lowest BCUT2D eigenvalue weighted by molar-refractivity contribution is 0.705. The highest BCUT2D eigenvalue weighted by Crippen LogP contribution is 2.53. The van der Waals surface area contributed by atoms with Gasteiger partial charge in [-0.1, -0.05) is 176 Å². The van der Waals surface area contributed by atoms with Gasteiger partial charge in [0.2, 0.25) is 0 Å². The topological polar surface area (TPSA) is 71.3 Å². The van der Waals surface area contributed by atoms with Crippen molar-refractivity contribution < 1.29 is 0 Å². The molecule has 0 radical (unpaired) electrons. The van der Waals surface area contributed by atoms with Crippen LogP contribution in [0.3, 0.4) is 0 Å². The van der Waals surface area contributed by atoms with Crippen molar-refractivity contribution in [1.82, 2.24) is 4.57 Å². The zero-order valence-corrected chi connectivity index (χ0v) is 42.2. The molecule has 0 bridgehead atoms. The molecule has 362 valence electrons. The summed E-state index contributed by atoms with van der Waals surface area (Å²) in [7, 11) is 1.78. The molecule has 0 fully saturated rings. The first-order valence-electron chi connectivity index (χ1n) is 25.7. The molecule has 4 unspecified atom stereocenters. The Bertz CT molecular complexity index is 3620. The van der Waals surface area contributed by atoms with Crippen LogP contribution in [-0.2, 0) is 6.42 Å². The lowest BCUT2D eigenvalue weighted by Crippen LogP contribution is -2.30. The smallest absolute Gasteiger partial charge is 0.155 e. The molecule has 2 N–H and O–H groups in total. The van der Waals surface area contributed by atoms with Gasteiger partial charge in [-0.05, 0) is 133 Å². The highest BCUT2D eigenvalue weighted by atomic mass is 15.2. The summed E-state index contributed by atoms with van der Waals surface area (Å²) in [6, 6.07) is 73.3. The van der Waals surface area contributed by atoms with Gasteiger partial charge in [0.1, 0.15) is 5.84 Å². The van der Waals surface area contributed by atoms with Crippen molar-refractivity contribution in [2.45, 2.75) is 38.6 Å². The average molecular weight is 961 g/mol. The van der Waals surface area contributed by atoms with E-state index in [1.54, 1.807) is 7.05 Å². The van der Waals surface area contributed by atoms with Gasteiger partial charge in [0, 0.05) is 69.6 Å². The third-order valence-electron chi connectivity index (χ3n) is 14.6. The Kier molecular flexibility index (Phi) is 13.8. The summed E-state index contributed by atoms with van der Waals surface area (Å²) in [4.78, 5) is 17.5. The van der Waals surface area contributed by atoms with E-state index in [1.165, 1.54) is 33.5 Å². The number of allylic oxidation sites excluding steroid dienone is 7. The molecule has 0 saturated heterocycles. The molecule has 9 aromatic rings. The standard InChI is InChI=1S/C55H48N6.C13H12/c1-36(38-17-8-4-9-18-38)58-55(59-37(2)39-19-10-5-11-20-39)42-29-32-50-47(35-42)46-33-40(27-30-49(46)60(50)43-21-12-6-13-22-43)41-28-31-51-48(34-41)53-45(54(56)57-3)25-16-26-52(53)61(51)44-23-14-7-15-24-44;1-3-7-12(8-4-1)11-13-9-5-2-6-10-13/h4-19,21-36,39,45,53H,20H2,1-3H3,(H2,56,57);1-10H,11H2. The quantitative estimate of drug-likeness (QED) is 0.110. The second kappa shape index (κ2) is 21.5. The molecular weight excluding hydrogens is 901 g/mol. The Morgan fingerprint density at radius 3 is 1.86 bits per heavy atom. The van der Waals surface area contributed by atoms with Gasteiger partial charge in [0.25, 0.3) is 0 Å². The first-order valence-corrected chi connectivity index (χ1v) is 25.7. The largest absolute Gasteiger partial charge is 0.387 e. The molecule has 2 aliphatic carbocycles. The third-order valence-corrected chi connectivity index (χ3v) is 14.6. The predicted octanol–water partition coefficient (Wildman–Crippen LogP) is 16.1. The van der Waals surface area contributed by atoms with Crippen molar-refractivity contribution in [3.05, 3.63) is 282 Å². The molecule has 0 spiro atoms. The summed E-state index contributed by atoms with van der Waals surface area (Å²) in [5.74, 6) is 1.60. The minimum atomic E-state index is -0.0753. The summed E-state index contributed by atoms with van der Waals surface area (Å²) in [6.07, 6.45) is 17.2. The lowest BCUT2D eigenvalue weighted by Gasteiger charge is -2.28. The van der Waals surface area contributed by atoms with E-state index in [4.69, 9.17) is 15.7 Å². The zero-order valence-electron chi connectivity index (χ0n) is 42.2. The Hall–Kier alpha value is -8.87. The van der Waals surface area contributed by atoms with E-state index in [0.717, 1.165) is 74.4 Å². The normalized spacial score (nSPS) is 17.7. The van der Waals surface area contributed by atoms with Crippen LogP contribution in [0.2, 0.25) is 0 Å². The van der Waals surface area contributed by atoms with Gasteiger partial charge >= 0.3 is 0 Å². The number of rotatable bonds is 10. The summed E-state index contributed by atoms with van der Waals surface area (Å²) in [5.41, 5.74) is 23.0. The zero-order chi connectivity index (χ0) is 50.4. The number of nitrogens with zero attached hydrogens (tertiary/aromatic N) is 5. The van der Waals surface area contributed by atoms with Crippen LogP contribution in [-0.4, -0.2) is 29.0 Å². The maximum absolute atomic E-state index is 6.64. The van der Waals surface area contributed by atoms with Crippen molar-refractivity contribution in [2.24, 2.45) is 32.5 Å². The monoisotopic (exact) mass is 960 g/mol. The number of anilines is 2. The lowest BCUT2D eigenvalue weighted by atomic mass is 9.81. The summed E-state index contributed by atoms with van der Waals surface area (Å²) < 4.78 is 2.37. The predicted molar refractivity (Wildman–Crippen MR) is 312 cm³/mol. The maximum atomic E-state index is 6.64. The van der Waals surface area contributed by atoms with E-state index in [9.17, 15) is 0 Å². The molecule has 12 rings (SSSR count). The molecular formula is C68H60N6. The average Bonchev–Trinajstić information content (AvgIpc) is 3.99. The fraction of sp³-hybridized carbons (Fsp3) is 0.132. The Morgan fingerprint density at radius 2 is 1.22 bits per heavy atom. The van der Waals surface area contributed by atoms with Gasteiger partial charge in [-0.15, -0.1) is 0 Å². The van der Waals surface area contributed by atoms with Crippen molar-refractivity contribution in [3.63, 3.8) is 0 Å². The summed E-state index contributed by atoms with van der Waals surface area (Å²) in [5, 5.41) is 2.32. The summed E-state index contributed by atoms with van der Waals surface area (Å²) in [6.45, 7) is 4.28. The van der Waals surface area contributed by atoms with E-state index in [0.29, 0.717) is 5.84 Å². The Labute approximate surface area is 435 Å². The Balaban J connectivity index is 0.000000393. The van der Waals surface area contributed by atoms with E-state index in [2.05, 4.69) is 277 Å². The van der Waals surface area contributed by atoms with E-state index in [1.807, 2.05) is 0 Å². The van der Waals surface area contributed by atoms with E-state index < -0.39 is 0 Å². The second-order valence-electron chi connectivity index (χ2n) is 19.3. The number of nitrogens with two attached hydrogens (primary N) is 1. The fourth-order valence-electron chi connectivity index (χ4n) is 10.8. The number of aromatic nitrogens is 1. The first kappa shape index (κ1) is 47.5. The van der Waals surface area contributed by atoms with Crippen LogP contribution in [0.25, 0.3) is 38.6 Å². The number of hydrogen-bond donors (Lipinski definition) is 1. The molecule has 0 saturated carbocycles. The van der Waals surface area contributed by atoms with Crippen molar-refractivity contribution in [2.75, 3.05) is 11.9 Å². The van der Waals surface area contributed by atoms with Crippen LogP contribution in [0, 0.1) is 11.8 Å². The van der Waals surface area contributed by atoms with Crippen LogP contribution < -0.4 is 10.6 Å². The van der Waals surface area contributed by atoms with Crippen molar-refractivity contribution in [1.29, 1.82) is 0 Å². The highest BCUT2D eigenvalue weighted by Gasteiger charge is 2.41. The number of hydrogen-bond acceptors (Lipinski definition) is 3. The van der Waals surface area contributed by atoms with Gasteiger partial charge in [0.05, 0.1) is 17.1 Å². The number of fused-ring (bicyclic) bond motifs is 6. The minimum Gasteiger partial charge on any atom is -0.387 e. The molecule has 1 aliphatic heterocycles.